The summed E-state index contributed by atoms with van der Waals surface area (Å²) in [5, 5.41) is 17.5. The van der Waals surface area contributed by atoms with E-state index in [1.165, 1.54) is 64.5 Å². The molecule has 0 radical (unpaired) electrons. The maximum absolute atomic E-state index is 13.8. The van der Waals surface area contributed by atoms with Crippen molar-refractivity contribution in [3.8, 4) is 0 Å². The number of non-ortho nitro benzene ring substituents is 1. The van der Waals surface area contributed by atoms with Gasteiger partial charge < -0.3 is 0 Å². The lowest BCUT2D eigenvalue weighted by atomic mass is 9.77. The highest BCUT2D eigenvalue weighted by Gasteiger charge is 2.43. The Morgan fingerprint density at radius 3 is 2.55 bits per heavy atom. The van der Waals surface area contributed by atoms with Crippen LogP contribution in [0.15, 0.2) is 81.7 Å². The number of thioether (sulfide) groups is 1. The molecular formula is C29H22F2N4O3S2. The molecule has 0 spiro atoms. The summed E-state index contributed by atoms with van der Waals surface area (Å²) in [6.07, 6.45) is 4.52. The Kier molecular flexibility index (Phi) is 7.16. The van der Waals surface area contributed by atoms with Crippen molar-refractivity contribution in [3.63, 3.8) is 0 Å². The van der Waals surface area contributed by atoms with E-state index in [0.29, 0.717) is 14.6 Å². The zero-order chi connectivity index (χ0) is 27.8. The number of carbonyl (C=O) groups excluding carboxylic acids is 1. The summed E-state index contributed by atoms with van der Waals surface area (Å²) in [5.41, 5.74) is 4.12. The third-order valence-electron chi connectivity index (χ3n) is 7.06. The molecule has 1 aliphatic heterocycles. The molecule has 0 bridgehead atoms. The molecule has 2 heterocycles. The monoisotopic (exact) mass is 576 g/mol. The summed E-state index contributed by atoms with van der Waals surface area (Å²) in [4.78, 5) is 28.8. The predicted octanol–water partition coefficient (Wildman–Crippen LogP) is 7.40. The van der Waals surface area contributed by atoms with Crippen molar-refractivity contribution in [1.29, 1.82) is 0 Å². The van der Waals surface area contributed by atoms with Gasteiger partial charge in [-0.05, 0) is 72.4 Å². The van der Waals surface area contributed by atoms with Crippen LogP contribution in [-0.2, 0) is 4.79 Å². The average molecular weight is 577 g/mol. The molecule has 2 atom stereocenters. The van der Waals surface area contributed by atoms with Gasteiger partial charge in [0, 0.05) is 18.1 Å². The first-order chi connectivity index (χ1) is 19.4. The summed E-state index contributed by atoms with van der Waals surface area (Å²) in [6, 6.07) is 16.6. The number of aromatic nitrogens is 1. The minimum atomic E-state index is -0.449. The van der Waals surface area contributed by atoms with Crippen LogP contribution in [0.1, 0.15) is 36.4 Å². The van der Waals surface area contributed by atoms with E-state index in [2.05, 4.69) is 4.98 Å². The first-order valence-corrected chi connectivity index (χ1v) is 14.5. The van der Waals surface area contributed by atoms with Crippen LogP contribution in [0.5, 0.6) is 0 Å². The van der Waals surface area contributed by atoms with E-state index in [4.69, 9.17) is 5.10 Å². The molecule has 6 rings (SSSR count). The topological polar surface area (TPSA) is 88.7 Å². The lowest BCUT2D eigenvalue weighted by Gasteiger charge is -2.29. The van der Waals surface area contributed by atoms with E-state index < -0.39 is 4.92 Å². The van der Waals surface area contributed by atoms with Crippen molar-refractivity contribution >= 4 is 56.7 Å². The van der Waals surface area contributed by atoms with Crippen molar-refractivity contribution in [2.24, 2.45) is 11.0 Å². The zero-order valence-electron chi connectivity index (χ0n) is 21.0. The number of halogens is 2. The van der Waals surface area contributed by atoms with Crippen LogP contribution in [0.2, 0.25) is 0 Å². The molecule has 4 aromatic rings. The molecule has 1 aromatic heterocycles. The van der Waals surface area contributed by atoms with Gasteiger partial charge in [-0.1, -0.05) is 36.0 Å². The SMILES string of the molecule is O=C(CSc1nc2ccc([N+](=O)[O-])cc2s1)N1N=C2C(=Cc3ccc(F)cc3)CCCC2C1c1ccc(F)cc1. The summed E-state index contributed by atoms with van der Waals surface area (Å²) in [5.74, 6) is -0.859. The largest absolute Gasteiger partial charge is 0.272 e. The normalized spacial score (nSPS) is 19.6. The minimum Gasteiger partial charge on any atom is -0.272 e. The molecule has 0 N–H and O–H groups in total. The number of carbonyl (C=O) groups is 1. The number of hydrogen-bond donors (Lipinski definition) is 0. The highest BCUT2D eigenvalue weighted by Crippen LogP contribution is 2.45. The first-order valence-electron chi connectivity index (χ1n) is 12.7. The molecule has 2 unspecified atom stereocenters. The maximum atomic E-state index is 13.8. The standard InChI is InChI=1S/C29H22F2N4O3S2/c30-20-8-4-17(5-9-20)14-19-2-1-3-23-27(19)33-34(28(23)18-6-10-21(31)11-7-18)26(36)16-39-29-32-24-13-12-22(35(37)38)15-25(24)40-29/h4-15,23,28H,1-3,16H2. The molecule has 3 aromatic carbocycles. The zero-order valence-corrected chi connectivity index (χ0v) is 22.6. The molecule has 202 valence electrons. The first kappa shape index (κ1) is 26.3. The molecule has 1 aliphatic carbocycles. The van der Waals surface area contributed by atoms with Crippen molar-refractivity contribution in [1.82, 2.24) is 9.99 Å². The lowest BCUT2D eigenvalue weighted by molar-refractivity contribution is -0.384. The molecule has 0 saturated heterocycles. The van der Waals surface area contributed by atoms with Crippen molar-refractivity contribution < 1.29 is 18.5 Å². The molecule has 1 saturated carbocycles. The predicted molar refractivity (Wildman–Crippen MR) is 152 cm³/mol. The fourth-order valence-corrected chi connectivity index (χ4v) is 7.17. The number of hydrazone groups is 1. The van der Waals surface area contributed by atoms with Crippen molar-refractivity contribution in [3.05, 3.63) is 105 Å². The Bertz CT molecular complexity index is 1670. The van der Waals surface area contributed by atoms with Gasteiger partial charge in [-0.3, -0.25) is 14.9 Å². The third-order valence-corrected chi connectivity index (χ3v) is 9.21. The Labute approximate surface area is 236 Å². The second-order valence-electron chi connectivity index (χ2n) is 9.62. The third kappa shape index (κ3) is 5.26. The Morgan fingerprint density at radius 2 is 1.82 bits per heavy atom. The Morgan fingerprint density at radius 1 is 1.10 bits per heavy atom. The van der Waals surface area contributed by atoms with Gasteiger partial charge in [-0.2, -0.15) is 5.10 Å². The van der Waals surface area contributed by atoms with Crippen LogP contribution in [0.25, 0.3) is 16.3 Å². The Hall–Kier alpha value is -3.96. The summed E-state index contributed by atoms with van der Waals surface area (Å²) >= 11 is 2.56. The van der Waals surface area contributed by atoms with E-state index >= 15 is 0 Å². The molecule has 40 heavy (non-hydrogen) atoms. The van der Waals surface area contributed by atoms with Gasteiger partial charge in [0.15, 0.2) is 4.34 Å². The van der Waals surface area contributed by atoms with Crippen LogP contribution in [0.3, 0.4) is 0 Å². The average Bonchev–Trinajstić information content (AvgIpc) is 3.55. The molecule has 1 fully saturated rings. The highest BCUT2D eigenvalue weighted by atomic mass is 32.2. The maximum Gasteiger partial charge on any atom is 0.270 e. The number of nitro benzene ring substituents is 1. The summed E-state index contributed by atoms with van der Waals surface area (Å²) in [7, 11) is 0. The Balaban J connectivity index is 1.29. The van der Waals surface area contributed by atoms with Crippen LogP contribution in [0, 0.1) is 27.7 Å². The van der Waals surface area contributed by atoms with Crippen LogP contribution >= 0.6 is 23.1 Å². The molecular weight excluding hydrogens is 554 g/mol. The summed E-state index contributed by atoms with van der Waals surface area (Å²) < 4.78 is 28.5. The second-order valence-corrected chi connectivity index (χ2v) is 11.9. The fourth-order valence-electron chi connectivity index (χ4n) is 5.22. The van der Waals surface area contributed by atoms with Gasteiger partial charge in [-0.25, -0.2) is 18.8 Å². The van der Waals surface area contributed by atoms with Crippen LogP contribution in [0.4, 0.5) is 14.5 Å². The molecule has 2 aliphatic rings. The number of nitrogens with zero attached hydrogens (tertiary/aromatic N) is 4. The minimum absolute atomic E-state index is 0.00842. The van der Waals surface area contributed by atoms with Gasteiger partial charge in [0.2, 0.25) is 0 Å². The lowest BCUT2D eigenvalue weighted by Crippen LogP contribution is -2.32. The number of nitro groups is 1. The van der Waals surface area contributed by atoms with Crippen molar-refractivity contribution in [2.75, 3.05) is 5.75 Å². The van der Waals surface area contributed by atoms with Crippen molar-refractivity contribution in [2.45, 2.75) is 29.6 Å². The number of thiazole rings is 1. The molecule has 7 nitrogen and oxygen atoms in total. The van der Waals surface area contributed by atoms with Crippen LogP contribution in [-0.4, -0.2) is 32.3 Å². The van der Waals surface area contributed by atoms with Gasteiger partial charge in [0.05, 0.1) is 32.6 Å². The number of hydrogen-bond acceptors (Lipinski definition) is 7. The number of fused-ring (bicyclic) bond motifs is 2. The van der Waals surface area contributed by atoms with Gasteiger partial charge in [-0.15, -0.1) is 11.3 Å². The van der Waals surface area contributed by atoms with Gasteiger partial charge in [0.1, 0.15) is 11.6 Å². The molecule has 1 amide bonds. The fraction of sp³-hybridized carbons (Fsp3) is 0.207. The van der Waals surface area contributed by atoms with E-state index in [-0.39, 0.29) is 40.9 Å². The van der Waals surface area contributed by atoms with E-state index in [1.54, 1.807) is 30.3 Å². The highest BCUT2D eigenvalue weighted by molar-refractivity contribution is 8.01. The quantitative estimate of drug-likeness (QED) is 0.136. The van der Waals surface area contributed by atoms with E-state index in [9.17, 15) is 23.7 Å². The summed E-state index contributed by atoms with van der Waals surface area (Å²) in [6.45, 7) is 0. The second kappa shape index (κ2) is 10.9. The van der Waals surface area contributed by atoms with E-state index in [0.717, 1.165) is 41.7 Å². The van der Waals surface area contributed by atoms with Gasteiger partial charge >= 0.3 is 0 Å². The number of amides is 1. The smallest absolute Gasteiger partial charge is 0.270 e. The number of rotatable bonds is 6. The molecule has 11 heteroatoms. The van der Waals surface area contributed by atoms with Crippen LogP contribution < -0.4 is 0 Å². The van der Waals surface area contributed by atoms with Gasteiger partial charge in [0.25, 0.3) is 11.6 Å². The van der Waals surface area contributed by atoms with E-state index in [1.807, 2.05) is 6.08 Å². The number of benzene rings is 3. The number of allylic oxidation sites excluding steroid dienone is 1.